The molecule has 0 spiro atoms. The number of nitrogens with two attached hydrogens (primary N) is 1. The first-order valence-electron chi connectivity index (χ1n) is 9.08. The number of nitrogens with one attached hydrogen (secondary N) is 2. The van der Waals surface area contributed by atoms with Crippen LogP contribution in [0.1, 0.15) is 32.7 Å². The molecule has 1 atom stereocenters. The van der Waals surface area contributed by atoms with Crippen molar-refractivity contribution >= 4 is 39.9 Å². The summed E-state index contributed by atoms with van der Waals surface area (Å²) in [6.45, 7) is 0.533. The van der Waals surface area contributed by atoms with Gasteiger partial charge in [-0.3, -0.25) is 9.79 Å². The summed E-state index contributed by atoms with van der Waals surface area (Å²) < 4.78 is 10.1. The zero-order valence-corrected chi connectivity index (χ0v) is 16.1. The first-order chi connectivity index (χ1) is 14.2. The van der Waals surface area contributed by atoms with Gasteiger partial charge in [-0.1, -0.05) is 42.5 Å². The third kappa shape index (κ3) is 3.13. The fraction of sp³-hybridized carbons (Fsp3) is 0.0952. The third-order valence-electron chi connectivity index (χ3n) is 4.79. The highest BCUT2D eigenvalue weighted by Crippen LogP contribution is 2.34. The molecule has 0 saturated carbocycles. The molecule has 3 heterocycles. The normalized spacial score (nSPS) is 17.0. The fourth-order valence-electron chi connectivity index (χ4n) is 3.39. The molecule has 4 N–H and O–H groups in total. The first-order valence-corrected chi connectivity index (χ1v) is 9.85. The van der Waals surface area contributed by atoms with E-state index in [0.717, 1.165) is 21.5 Å². The SMILES string of the molecule is NC(=O)c1cccc2c(C3NC(=NCc4ccccc4)c4occc4N3)snc12. The van der Waals surface area contributed by atoms with Gasteiger partial charge in [0.1, 0.15) is 6.17 Å². The number of anilines is 1. The van der Waals surface area contributed by atoms with E-state index in [9.17, 15) is 4.79 Å². The van der Waals surface area contributed by atoms with Crippen molar-refractivity contribution in [3.63, 3.8) is 0 Å². The highest BCUT2D eigenvalue weighted by atomic mass is 32.1. The van der Waals surface area contributed by atoms with Crippen molar-refractivity contribution in [1.29, 1.82) is 0 Å². The average molecular weight is 403 g/mol. The summed E-state index contributed by atoms with van der Waals surface area (Å²) in [6.07, 6.45) is 1.38. The molecule has 1 amide bonds. The Bertz CT molecular complexity index is 1230. The van der Waals surface area contributed by atoms with E-state index in [4.69, 9.17) is 15.1 Å². The van der Waals surface area contributed by atoms with Gasteiger partial charge in [-0.25, -0.2) is 0 Å². The molecule has 0 aliphatic carbocycles. The molecule has 1 aliphatic heterocycles. The van der Waals surface area contributed by atoms with Gasteiger partial charge in [0.2, 0.25) is 0 Å². The minimum Gasteiger partial charge on any atom is -0.459 e. The monoisotopic (exact) mass is 403 g/mol. The molecule has 2 aromatic heterocycles. The molecular formula is C21H17N5O2S. The topological polar surface area (TPSA) is 106 Å². The Kier molecular flexibility index (Phi) is 4.25. The van der Waals surface area contributed by atoms with Crippen LogP contribution >= 0.6 is 11.5 Å². The lowest BCUT2D eigenvalue weighted by atomic mass is 10.1. The average Bonchev–Trinajstić information content (AvgIpc) is 3.39. The molecule has 0 saturated heterocycles. The third-order valence-corrected chi connectivity index (χ3v) is 5.71. The van der Waals surface area contributed by atoms with Gasteiger partial charge in [-0.05, 0) is 23.2 Å². The van der Waals surface area contributed by atoms with Crippen LogP contribution in [0.2, 0.25) is 0 Å². The number of nitrogens with zero attached hydrogens (tertiary/aromatic N) is 2. The quantitative estimate of drug-likeness (QED) is 0.482. The summed E-state index contributed by atoms with van der Waals surface area (Å²) in [7, 11) is 0. The zero-order chi connectivity index (χ0) is 19.8. The van der Waals surface area contributed by atoms with E-state index in [1.807, 2.05) is 48.5 Å². The number of amidine groups is 1. The predicted octanol–water partition coefficient (Wildman–Crippen LogP) is 3.65. The number of hydrogen-bond donors (Lipinski definition) is 3. The molecule has 29 heavy (non-hydrogen) atoms. The maximum atomic E-state index is 11.7. The van der Waals surface area contributed by atoms with Gasteiger partial charge in [-0.2, -0.15) is 4.37 Å². The lowest BCUT2D eigenvalue weighted by molar-refractivity contribution is 0.100. The van der Waals surface area contributed by atoms with Crippen LogP contribution in [0.25, 0.3) is 10.9 Å². The number of aliphatic imine (C=N–C) groups is 1. The number of carbonyl (C=O) groups excluding carboxylic acids is 1. The zero-order valence-electron chi connectivity index (χ0n) is 15.3. The highest BCUT2D eigenvalue weighted by Gasteiger charge is 2.29. The van der Waals surface area contributed by atoms with Gasteiger partial charge in [0.05, 0.1) is 34.5 Å². The molecule has 1 unspecified atom stereocenters. The van der Waals surface area contributed by atoms with Crippen molar-refractivity contribution in [3.8, 4) is 0 Å². The Hall–Kier alpha value is -3.65. The largest absolute Gasteiger partial charge is 0.459 e. The number of furan rings is 1. The number of benzene rings is 2. The highest BCUT2D eigenvalue weighted by molar-refractivity contribution is 7.07. The number of rotatable bonds is 4. The number of aromatic nitrogens is 1. The molecule has 144 valence electrons. The summed E-state index contributed by atoms with van der Waals surface area (Å²) in [5.41, 5.74) is 8.50. The van der Waals surface area contributed by atoms with Crippen molar-refractivity contribution in [2.75, 3.05) is 5.32 Å². The van der Waals surface area contributed by atoms with Crippen LogP contribution in [0.3, 0.4) is 0 Å². The number of primary amides is 1. The van der Waals surface area contributed by atoms with Crippen LogP contribution in [-0.2, 0) is 6.54 Å². The van der Waals surface area contributed by atoms with Crippen molar-refractivity contribution in [2.45, 2.75) is 12.7 Å². The van der Waals surface area contributed by atoms with Crippen molar-refractivity contribution in [1.82, 2.24) is 9.69 Å². The molecule has 0 fully saturated rings. The number of amides is 1. The standard InChI is InChI=1S/C21H17N5O2S/c22-19(27)14-8-4-7-13-16(14)26-29-18(13)21-24-15-9-10-28-17(15)20(25-21)23-11-12-5-2-1-3-6-12/h1-10,21,24H,11H2,(H2,22,27)(H,23,25). The van der Waals surface area contributed by atoms with E-state index in [-0.39, 0.29) is 6.17 Å². The summed E-state index contributed by atoms with van der Waals surface area (Å²) in [5.74, 6) is 0.855. The summed E-state index contributed by atoms with van der Waals surface area (Å²) >= 11 is 1.33. The first kappa shape index (κ1) is 17.4. The minimum atomic E-state index is -0.487. The second-order valence-electron chi connectivity index (χ2n) is 6.65. The molecule has 0 radical (unpaired) electrons. The fourth-order valence-corrected chi connectivity index (χ4v) is 4.27. The smallest absolute Gasteiger partial charge is 0.250 e. The van der Waals surface area contributed by atoms with Crippen LogP contribution in [0.4, 0.5) is 5.69 Å². The van der Waals surface area contributed by atoms with Gasteiger partial charge in [0, 0.05) is 11.5 Å². The number of carbonyl (C=O) groups is 1. The lowest BCUT2D eigenvalue weighted by Gasteiger charge is -2.26. The van der Waals surface area contributed by atoms with Gasteiger partial charge in [0.15, 0.2) is 11.6 Å². The van der Waals surface area contributed by atoms with Crippen LogP contribution in [-0.4, -0.2) is 16.1 Å². The van der Waals surface area contributed by atoms with Gasteiger partial charge < -0.3 is 20.8 Å². The molecule has 7 nitrogen and oxygen atoms in total. The van der Waals surface area contributed by atoms with E-state index >= 15 is 0 Å². The molecule has 2 aromatic carbocycles. The van der Waals surface area contributed by atoms with Crippen molar-refractivity contribution < 1.29 is 9.21 Å². The molecular weight excluding hydrogens is 386 g/mol. The Morgan fingerprint density at radius 2 is 2.00 bits per heavy atom. The maximum Gasteiger partial charge on any atom is 0.250 e. The van der Waals surface area contributed by atoms with E-state index in [1.54, 1.807) is 12.3 Å². The van der Waals surface area contributed by atoms with E-state index < -0.39 is 5.91 Å². The van der Waals surface area contributed by atoms with E-state index in [0.29, 0.717) is 29.2 Å². The summed E-state index contributed by atoms with van der Waals surface area (Å²) in [4.78, 5) is 17.4. The van der Waals surface area contributed by atoms with E-state index in [2.05, 4.69) is 15.0 Å². The van der Waals surface area contributed by atoms with Crippen LogP contribution in [0, 0.1) is 0 Å². The molecule has 0 bridgehead atoms. The number of hydrogen-bond acceptors (Lipinski definition) is 6. The second kappa shape index (κ2) is 7.06. The molecule has 8 heteroatoms. The Balaban J connectivity index is 1.52. The van der Waals surface area contributed by atoms with E-state index in [1.165, 1.54) is 11.5 Å². The van der Waals surface area contributed by atoms with Crippen LogP contribution in [0.5, 0.6) is 0 Å². The van der Waals surface area contributed by atoms with Gasteiger partial charge in [-0.15, -0.1) is 0 Å². The molecule has 5 rings (SSSR count). The van der Waals surface area contributed by atoms with Crippen molar-refractivity contribution in [3.05, 3.63) is 82.6 Å². The lowest BCUT2D eigenvalue weighted by Crippen LogP contribution is -2.38. The van der Waals surface area contributed by atoms with Gasteiger partial charge >= 0.3 is 0 Å². The maximum absolute atomic E-state index is 11.7. The molecule has 1 aliphatic rings. The van der Waals surface area contributed by atoms with Gasteiger partial charge in [0.25, 0.3) is 5.91 Å². The molecule has 4 aromatic rings. The Morgan fingerprint density at radius 1 is 1.14 bits per heavy atom. The minimum absolute atomic E-state index is 0.257. The Morgan fingerprint density at radius 3 is 2.83 bits per heavy atom. The summed E-state index contributed by atoms with van der Waals surface area (Å²) in [6, 6.07) is 17.4. The van der Waals surface area contributed by atoms with Crippen LogP contribution < -0.4 is 16.4 Å². The predicted molar refractivity (Wildman–Crippen MR) is 113 cm³/mol. The van der Waals surface area contributed by atoms with Crippen molar-refractivity contribution in [2.24, 2.45) is 10.7 Å². The number of fused-ring (bicyclic) bond motifs is 2. The van der Waals surface area contributed by atoms with Crippen LogP contribution in [0.15, 0.2) is 70.3 Å². The second-order valence-corrected chi connectivity index (χ2v) is 7.45. The Labute approximate surface area is 170 Å². The summed E-state index contributed by atoms with van der Waals surface area (Å²) in [5, 5.41) is 7.71.